The monoisotopic (exact) mass is 628 g/mol. The lowest BCUT2D eigenvalue weighted by molar-refractivity contribution is 1.50. The molecule has 0 saturated carbocycles. The van der Waals surface area contributed by atoms with Crippen LogP contribution in [-0.2, 0) is 0 Å². The molecule has 7 aromatic carbocycles. The summed E-state index contributed by atoms with van der Waals surface area (Å²) >= 11 is 0. The number of benzene rings is 7. The zero-order chi connectivity index (χ0) is 31.1. The minimum Gasteiger partial charge on any atom is -0.254 e. The SMILES string of the molecule is c1ccc(P(=Nc2ccc(N=P(c3ccccc3)(c3ccccc3)c3ccccc3)cc2)(c2ccccc2)c2ccccc2)cc1. The van der Waals surface area contributed by atoms with Gasteiger partial charge in [-0.05, 0) is 24.3 Å². The fourth-order valence-corrected chi connectivity index (χ4v) is 13.1. The predicted octanol–water partition coefficient (Wildman–Crippen LogP) is 9.31. The Kier molecular flexibility index (Phi) is 8.75. The highest BCUT2D eigenvalue weighted by molar-refractivity contribution is 7.88. The average molecular weight is 629 g/mol. The number of nitrogens with zero attached hydrogens (tertiary/aromatic N) is 2. The average Bonchev–Trinajstić information content (AvgIpc) is 3.16. The number of hydrogen-bond acceptors (Lipinski definition) is 2. The Hall–Kier alpha value is -5.00. The van der Waals surface area contributed by atoms with Crippen molar-refractivity contribution in [3.05, 3.63) is 206 Å². The van der Waals surface area contributed by atoms with Crippen molar-refractivity contribution in [2.24, 2.45) is 9.49 Å². The number of hydrogen-bond donors (Lipinski definition) is 0. The van der Waals surface area contributed by atoms with Gasteiger partial charge in [-0.15, -0.1) is 0 Å². The van der Waals surface area contributed by atoms with Crippen molar-refractivity contribution in [1.29, 1.82) is 0 Å². The van der Waals surface area contributed by atoms with Crippen molar-refractivity contribution in [1.82, 2.24) is 0 Å². The van der Waals surface area contributed by atoms with Gasteiger partial charge in [0.15, 0.2) is 0 Å². The van der Waals surface area contributed by atoms with Crippen LogP contribution < -0.4 is 31.8 Å². The summed E-state index contributed by atoms with van der Waals surface area (Å²) in [5.41, 5.74) is 1.87. The zero-order valence-electron chi connectivity index (χ0n) is 25.4. The fourth-order valence-electron chi connectivity index (χ4n) is 6.04. The molecule has 0 amide bonds. The molecule has 0 fully saturated rings. The molecule has 0 saturated heterocycles. The summed E-state index contributed by atoms with van der Waals surface area (Å²) in [5.74, 6) is 0. The van der Waals surface area contributed by atoms with E-state index >= 15 is 0 Å². The Bertz CT molecular complexity index is 1750. The summed E-state index contributed by atoms with van der Waals surface area (Å²) in [5, 5.41) is 7.35. The summed E-state index contributed by atoms with van der Waals surface area (Å²) in [7, 11) is -4.75. The molecule has 0 aliphatic heterocycles. The van der Waals surface area contributed by atoms with Gasteiger partial charge in [0.25, 0.3) is 0 Å². The van der Waals surface area contributed by atoms with Crippen LogP contribution in [0, 0.1) is 0 Å². The molecule has 0 unspecified atom stereocenters. The smallest absolute Gasteiger partial charge is 0.0626 e. The second-order valence-electron chi connectivity index (χ2n) is 11.0. The van der Waals surface area contributed by atoms with Crippen molar-refractivity contribution in [2.75, 3.05) is 0 Å². The van der Waals surface area contributed by atoms with E-state index in [0.29, 0.717) is 0 Å². The molecule has 0 bridgehead atoms. The highest BCUT2D eigenvalue weighted by atomic mass is 31.2. The molecule has 0 spiro atoms. The fraction of sp³-hybridized carbons (Fsp3) is 0. The van der Waals surface area contributed by atoms with E-state index in [0.717, 1.165) is 11.4 Å². The third kappa shape index (κ3) is 5.75. The van der Waals surface area contributed by atoms with Gasteiger partial charge in [0.05, 0.1) is 25.5 Å². The topological polar surface area (TPSA) is 24.7 Å². The van der Waals surface area contributed by atoms with Crippen LogP contribution in [-0.4, -0.2) is 0 Å². The third-order valence-electron chi connectivity index (χ3n) is 8.16. The van der Waals surface area contributed by atoms with Crippen molar-refractivity contribution < 1.29 is 0 Å². The standard InChI is InChI=1S/C42H34N2P2/c1-7-19-37(20-8-1)45(38-21-9-2-10-22-38,39-23-11-3-12-24-39)43-35-31-33-36(34-32-35)44-46(40-25-13-4-14-26-40,41-27-15-5-16-28-41)42-29-17-6-18-30-42/h1-34H. The number of rotatable bonds is 8. The van der Waals surface area contributed by atoms with Gasteiger partial charge in [0.1, 0.15) is 0 Å². The van der Waals surface area contributed by atoms with Gasteiger partial charge in [-0.25, -0.2) is 0 Å². The van der Waals surface area contributed by atoms with Gasteiger partial charge >= 0.3 is 0 Å². The summed E-state index contributed by atoms with van der Waals surface area (Å²) < 4.78 is 11.4. The van der Waals surface area contributed by atoms with Gasteiger partial charge in [-0.1, -0.05) is 182 Å². The van der Waals surface area contributed by atoms with Gasteiger partial charge in [0, 0.05) is 31.8 Å². The molecule has 0 radical (unpaired) electrons. The van der Waals surface area contributed by atoms with Crippen molar-refractivity contribution in [3.63, 3.8) is 0 Å². The molecule has 7 rings (SSSR count). The highest BCUT2D eigenvalue weighted by Crippen LogP contribution is 2.51. The lowest BCUT2D eigenvalue weighted by Gasteiger charge is -2.27. The molecule has 0 aliphatic rings. The van der Waals surface area contributed by atoms with Gasteiger partial charge < -0.3 is 0 Å². The largest absolute Gasteiger partial charge is 0.254 e. The molecule has 0 aromatic heterocycles. The summed E-state index contributed by atoms with van der Waals surface area (Å²) in [6.45, 7) is 0. The van der Waals surface area contributed by atoms with E-state index < -0.39 is 14.1 Å². The first-order valence-corrected chi connectivity index (χ1v) is 19.0. The Morgan fingerprint density at radius 3 is 0.565 bits per heavy atom. The summed E-state index contributed by atoms with van der Waals surface area (Å²) in [6.07, 6.45) is 0. The maximum absolute atomic E-state index is 5.69. The Morgan fingerprint density at radius 2 is 0.391 bits per heavy atom. The van der Waals surface area contributed by atoms with Crippen LogP contribution in [0.3, 0.4) is 0 Å². The van der Waals surface area contributed by atoms with Crippen molar-refractivity contribution in [2.45, 2.75) is 0 Å². The van der Waals surface area contributed by atoms with E-state index in [-0.39, 0.29) is 0 Å². The maximum Gasteiger partial charge on any atom is 0.0626 e. The lowest BCUT2D eigenvalue weighted by Crippen LogP contribution is -2.25. The molecule has 0 N–H and O–H groups in total. The van der Waals surface area contributed by atoms with E-state index in [9.17, 15) is 0 Å². The first kappa shape index (κ1) is 29.7. The zero-order valence-corrected chi connectivity index (χ0v) is 27.2. The van der Waals surface area contributed by atoms with Crippen LogP contribution >= 0.6 is 14.1 Å². The van der Waals surface area contributed by atoms with E-state index in [2.05, 4.69) is 206 Å². The van der Waals surface area contributed by atoms with Crippen LogP contribution in [0.2, 0.25) is 0 Å². The van der Waals surface area contributed by atoms with Gasteiger partial charge in [-0.2, -0.15) is 0 Å². The molecule has 0 aliphatic carbocycles. The molecular weight excluding hydrogens is 594 g/mol. The van der Waals surface area contributed by atoms with Crippen molar-refractivity contribution >= 4 is 57.3 Å². The van der Waals surface area contributed by atoms with Crippen LogP contribution in [0.5, 0.6) is 0 Å². The van der Waals surface area contributed by atoms with Gasteiger partial charge in [-0.3, -0.25) is 9.49 Å². The van der Waals surface area contributed by atoms with Crippen LogP contribution in [0.1, 0.15) is 0 Å². The Labute approximate surface area is 272 Å². The van der Waals surface area contributed by atoms with Gasteiger partial charge in [0.2, 0.25) is 0 Å². The third-order valence-corrected chi connectivity index (χ3v) is 15.5. The van der Waals surface area contributed by atoms with Crippen LogP contribution in [0.15, 0.2) is 216 Å². The minimum atomic E-state index is -2.37. The van der Waals surface area contributed by atoms with Crippen LogP contribution in [0.4, 0.5) is 11.4 Å². The molecule has 222 valence electrons. The normalized spacial score (nSPS) is 11.5. The first-order valence-electron chi connectivity index (χ1n) is 15.5. The van der Waals surface area contributed by atoms with E-state index in [4.69, 9.17) is 9.49 Å². The molecule has 0 heterocycles. The Morgan fingerprint density at radius 1 is 0.217 bits per heavy atom. The summed E-state index contributed by atoms with van der Waals surface area (Å²) in [6, 6.07) is 73.1. The molecule has 2 nitrogen and oxygen atoms in total. The van der Waals surface area contributed by atoms with Crippen LogP contribution in [0.25, 0.3) is 0 Å². The van der Waals surface area contributed by atoms with E-state index in [1.807, 2.05) is 0 Å². The molecular formula is C42H34N2P2. The molecule has 4 heteroatoms. The lowest BCUT2D eigenvalue weighted by atomic mass is 10.3. The maximum atomic E-state index is 5.69. The minimum absolute atomic E-state index is 0.937. The quantitative estimate of drug-likeness (QED) is 0.150. The molecule has 46 heavy (non-hydrogen) atoms. The first-order chi connectivity index (χ1) is 22.8. The summed E-state index contributed by atoms with van der Waals surface area (Å²) in [4.78, 5) is 0. The second kappa shape index (κ2) is 13.6. The second-order valence-corrected chi connectivity index (χ2v) is 17.0. The van der Waals surface area contributed by atoms with E-state index in [1.165, 1.54) is 31.8 Å². The highest BCUT2D eigenvalue weighted by Gasteiger charge is 2.29. The van der Waals surface area contributed by atoms with Crippen molar-refractivity contribution in [3.8, 4) is 0 Å². The van der Waals surface area contributed by atoms with E-state index in [1.54, 1.807) is 0 Å². The molecule has 0 atom stereocenters. The predicted molar refractivity (Wildman–Crippen MR) is 201 cm³/mol. The Balaban J connectivity index is 1.46. The molecule has 7 aromatic rings.